The predicted octanol–water partition coefficient (Wildman–Crippen LogP) is 2.64. The van der Waals surface area contributed by atoms with E-state index in [1.54, 1.807) is 11.8 Å². The maximum absolute atomic E-state index is 9.29. The summed E-state index contributed by atoms with van der Waals surface area (Å²) in [6, 6.07) is 6.37. The van der Waals surface area contributed by atoms with Crippen molar-refractivity contribution in [1.82, 2.24) is 0 Å². The lowest BCUT2D eigenvalue weighted by Gasteiger charge is -2.09. The van der Waals surface area contributed by atoms with Gasteiger partial charge in [0.2, 0.25) is 0 Å². The van der Waals surface area contributed by atoms with E-state index >= 15 is 0 Å². The van der Waals surface area contributed by atoms with Crippen molar-refractivity contribution in [2.24, 2.45) is 0 Å². The monoisotopic (exact) mass is 196 g/mol. The molecule has 1 atom stereocenters. The highest BCUT2D eigenvalue weighted by atomic mass is 32.2. The Morgan fingerprint density at radius 3 is 2.69 bits per heavy atom. The summed E-state index contributed by atoms with van der Waals surface area (Å²) >= 11 is 1.74. The SMILES string of the molecule is CSc1cc(C)ccc1CC(C)O. The van der Waals surface area contributed by atoms with E-state index in [1.165, 1.54) is 16.0 Å². The van der Waals surface area contributed by atoms with Gasteiger partial charge in [0.1, 0.15) is 0 Å². The highest BCUT2D eigenvalue weighted by molar-refractivity contribution is 7.98. The van der Waals surface area contributed by atoms with Crippen molar-refractivity contribution in [3.05, 3.63) is 29.3 Å². The van der Waals surface area contributed by atoms with Crippen LogP contribution < -0.4 is 0 Å². The minimum atomic E-state index is -0.256. The molecule has 0 spiro atoms. The predicted molar refractivity (Wildman–Crippen MR) is 58.3 cm³/mol. The normalized spacial score (nSPS) is 12.9. The first-order chi connectivity index (χ1) is 6.13. The Morgan fingerprint density at radius 2 is 2.15 bits per heavy atom. The van der Waals surface area contributed by atoms with Crippen LogP contribution in [0.4, 0.5) is 0 Å². The van der Waals surface area contributed by atoms with Crippen LogP contribution >= 0.6 is 11.8 Å². The van der Waals surface area contributed by atoms with Gasteiger partial charge in [0.05, 0.1) is 6.10 Å². The molecule has 0 aliphatic heterocycles. The molecule has 72 valence electrons. The highest BCUT2D eigenvalue weighted by Crippen LogP contribution is 2.22. The van der Waals surface area contributed by atoms with Gasteiger partial charge in [-0.15, -0.1) is 11.8 Å². The second-order valence-corrected chi connectivity index (χ2v) is 4.22. The molecule has 13 heavy (non-hydrogen) atoms. The standard InChI is InChI=1S/C11H16OS/c1-8-4-5-10(7-9(2)12)11(6-8)13-3/h4-6,9,12H,7H2,1-3H3. The zero-order valence-corrected chi connectivity index (χ0v) is 9.19. The molecule has 0 bridgehead atoms. The van der Waals surface area contributed by atoms with Gasteiger partial charge in [-0.3, -0.25) is 0 Å². The Hall–Kier alpha value is -0.470. The van der Waals surface area contributed by atoms with E-state index in [2.05, 4.69) is 31.4 Å². The molecule has 1 rings (SSSR count). The van der Waals surface area contributed by atoms with Crippen molar-refractivity contribution >= 4 is 11.8 Å². The third-order valence-electron chi connectivity index (χ3n) is 1.96. The molecule has 1 unspecified atom stereocenters. The van der Waals surface area contributed by atoms with E-state index in [-0.39, 0.29) is 6.10 Å². The second kappa shape index (κ2) is 4.68. The van der Waals surface area contributed by atoms with E-state index in [0.717, 1.165) is 6.42 Å². The molecular formula is C11H16OS. The molecule has 0 heterocycles. The fraction of sp³-hybridized carbons (Fsp3) is 0.455. The highest BCUT2D eigenvalue weighted by Gasteiger charge is 2.04. The van der Waals surface area contributed by atoms with Crippen LogP contribution in [0, 0.1) is 6.92 Å². The van der Waals surface area contributed by atoms with Gasteiger partial charge in [-0.2, -0.15) is 0 Å². The molecule has 0 aliphatic carbocycles. The minimum absolute atomic E-state index is 0.256. The first-order valence-electron chi connectivity index (χ1n) is 4.45. The first-order valence-corrected chi connectivity index (χ1v) is 5.67. The molecule has 0 aliphatic rings. The van der Waals surface area contributed by atoms with Crippen molar-refractivity contribution in [2.45, 2.75) is 31.3 Å². The zero-order valence-electron chi connectivity index (χ0n) is 8.37. The Morgan fingerprint density at radius 1 is 1.46 bits per heavy atom. The van der Waals surface area contributed by atoms with Crippen LogP contribution in [0.5, 0.6) is 0 Å². The van der Waals surface area contributed by atoms with Crippen molar-refractivity contribution in [3.8, 4) is 0 Å². The maximum Gasteiger partial charge on any atom is 0.0552 e. The van der Waals surface area contributed by atoms with Gasteiger partial charge in [0.15, 0.2) is 0 Å². The second-order valence-electron chi connectivity index (χ2n) is 3.37. The molecule has 0 amide bonds. The number of aliphatic hydroxyl groups is 1. The maximum atomic E-state index is 9.29. The van der Waals surface area contributed by atoms with Gasteiger partial charge in [0.25, 0.3) is 0 Å². The molecule has 0 fully saturated rings. The summed E-state index contributed by atoms with van der Waals surface area (Å²) in [5.41, 5.74) is 2.52. The molecule has 0 saturated carbocycles. The Labute approximate surface area is 84.2 Å². The quantitative estimate of drug-likeness (QED) is 0.750. The van der Waals surface area contributed by atoms with Gasteiger partial charge in [0, 0.05) is 4.90 Å². The van der Waals surface area contributed by atoms with Crippen molar-refractivity contribution in [1.29, 1.82) is 0 Å². The number of hydrogen-bond acceptors (Lipinski definition) is 2. The largest absolute Gasteiger partial charge is 0.393 e. The number of hydrogen-bond donors (Lipinski definition) is 1. The average Bonchev–Trinajstić information content (AvgIpc) is 2.07. The topological polar surface area (TPSA) is 20.2 Å². The fourth-order valence-corrected chi connectivity index (χ4v) is 2.06. The Kier molecular flexibility index (Phi) is 3.82. The van der Waals surface area contributed by atoms with Gasteiger partial charge >= 0.3 is 0 Å². The average molecular weight is 196 g/mol. The zero-order chi connectivity index (χ0) is 9.84. The summed E-state index contributed by atoms with van der Waals surface area (Å²) < 4.78 is 0. The number of aryl methyl sites for hydroxylation is 1. The minimum Gasteiger partial charge on any atom is -0.393 e. The van der Waals surface area contributed by atoms with Crippen LogP contribution in [0.3, 0.4) is 0 Å². The van der Waals surface area contributed by atoms with E-state index in [9.17, 15) is 5.11 Å². The fourth-order valence-electron chi connectivity index (χ4n) is 1.34. The van der Waals surface area contributed by atoms with E-state index in [4.69, 9.17) is 0 Å². The molecule has 1 nitrogen and oxygen atoms in total. The summed E-state index contributed by atoms with van der Waals surface area (Å²) in [4.78, 5) is 1.28. The van der Waals surface area contributed by atoms with Gasteiger partial charge < -0.3 is 5.11 Å². The third-order valence-corrected chi connectivity index (χ3v) is 2.78. The number of aliphatic hydroxyl groups excluding tert-OH is 1. The smallest absolute Gasteiger partial charge is 0.0552 e. The number of rotatable bonds is 3. The van der Waals surface area contributed by atoms with Gasteiger partial charge in [-0.1, -0.05) is 17.7 Å². The lowest BCUT2D eigenvalue weighted by atomic mass is 10.1. The number of benzene rings is 1. The van der Waals surface area contributed by atoms with Crippen molar-refractivity contribution in [3.63, 3.8) is 0 Å². The summed E-state index contributed by atoms with van der Waals surface area (Å²) in [6.07, 6.45) is 2.56. The molecular weight excluding hydrogens is 180 g/mol. The van der Waals surface area contributed by atoms with E-state index < -0.39 is 0 Å². The van der Waals surface area contributed by atoms with Crippen LogP contribution in [-0.2, 0) is 6.42 Å². The summed E-state index contributed by atoms with van der Waals surface area (Å²) in [5, 5.41) is 9.29. The van der Waals surface area contributed by atoms with E-state index in [1.807, 2.05) is 6.92 Å². The Bertz CT molecular complexity index is 281. The third kappa shape index (κ3) is 3.05. The van der Waals surface area contributed by atoms with Crippen molar-refractivity contribution in [2.75, 3.05) is 6.26 Å². The van der Waals surface area contributed by atoms with Crippen LogP contribution in [0.1, 0.15) is 18.1 Å². The lowest BCUT2D eigenvalue weighted by molar-refractivity contribution is 0.195. The summed E-state index contributed by atoms with van der Waals surface area (Å²) in [5.74, 6) is 0. The summed E-state index contributed by atoms with van der Waals surface area (Å²) in [7, 11) is 0. The van der Waals surface area contributed by atoms with Gasteiger partial charge in [-0.05, 0) is 38.2 Å². The molecule has 1 aromatic rings. The first kappa shape index (κ1) is 10.6. The number of thioether (sulfide) groups is 1. The lowest BCUT2D eigenvalue weighted by Crippen LogP contribution is -2.05. The molecule has 0 aromatic heterocycles. The van der Waals surface area contributed by atoms with E-state index in [0.29, 0.717) is 0 Å². The molecule has 1 N–H and O–H groups in total. The van der Waals surface area contributed by atoms with Crippen molar-refractivity contribution < 1.29 is 5.11 Å². The molecule has 1 aromatic carbocycles. The van der Waals surface area contributed by atoms with Crippen LogP contribution in [-0.4, -0.2) is 17.5 Å². The van der Waals surface area contributed by atoms with Crippen LogP contribution in [0.15, 0.2) is 23.1 Å². The summed E-state index contributed by atoms with van der Waals surface area (Å²) in [6.45, 7) is 3.91. The molecule has 2 heteroatoms. The molecule has 0 radical (unpaired) electrons. The molecule has 0 saturated heterocycles. The Balaban J connectivity index is 2.92. The van der Waals surface area contributed by atoms with Gasteiger partial charge in [-0.25, -0.2) is 0 Å². The van der Waals surface area contributed by atoms with Crippen LogP contribution in [0.25, 0.3) is 0 Å². The van der Waals surface area contributed by atoms with Crippen LogP contribution in [0.2, 0.25) is 0 Å².